The molecule has 150 valence electrons. The first-order chi connectivity index (χ1) is 13.5. The molecule has 1 fully saturated rings. The lowest BCUT2D eigenvalue weighted by atomic mass is 10.0. The number of hydrogen-bond acceptors (Lipinski definition) is 3. The van der Waals surface area contributed by atoms with E-state index in [0.29, 0.717) is 31.4 Å². The lowest BCUT2D eigenvalue weighted by Gasteiger charge is -2.24. The number of anilines is 1. The van der Waals surface area contributed by atoms with Gasteiger partial charge in [0.2, 0.25) is 11.9 Å². The average Bonchev–Trinajstić information content (AvgIpc) is 3.37. The Morgan fingerprint density at radius 3 is 2.68 bits per heavy atom. The van der Waals surface area contributed by atoms with E-state index >= 15 is 0 Å². The first-order valence-electron chi connectivity index (χ1n) is 10.4. The maximum Gasteiger partial charge on any atom is 0.324 e. The van der Waals surface area contributed by atoms with Crippen molar-refractivity contribution in [3.8, 4) is 0 Å². The molecular weight excluding hydrogens is 354 g/mol. The molecule has 7 nitrogen and oxygen atoms in total. The molecule has 2 N–H and O–H groups in total. The van der Waals surface area contributed by atoms with E-state index < -0.39 is 6.04 Å². The van der Waals surface area contributed by atoms with Gasteiger partial charge in [0, 0.05) is 19.1 Å². The van der Waals surface area contributed by atoms with Crippen LogP contribution >= 0.6 is 0 Å². The van der Waals surface area contributed by atoms with Crippen LogP contribution in [0.1, 0.15) is 46.0 Å². The third kappa shape index (κ3) is 3.70. The van der Waals surface area contributed by atoms with Crippen LogP contribution in [0.3, 0.4) is 0 Å². The van der Waals surface area contributed by atoms with Crippen LogP contribution in [0.5, 0.6) is 0 Å². The molecule has 1 aromatic heterocycles. The van der Waals surface area contributed by atoms with Crippen LogP contribution in [0, 0.1) is 5.92 Å². The second kappa shape index (κ2) is 7.81. The number of nitrogens with zero attached hydrogens (tertiary/aromatic N) is 3. The van der Waals surface area contributed by atoms with Crippen LogP contribution in [0.15, 0.2) is 24.3 Å². The summed E-state index contributed by atoms with van der Waals surface area (Å²) in [6.07, 6.45) is 5.01. The van der Waals surface area contributed by atoms with Crippen molar-refractivity contribution in [1.82, 2.24) is 20.2 Å². The number of nitrogens with one attached hydrogen (secondary N) is 2. The number of para-hydroxylation sites is 2. The van der Waals surface area contributed by atoms with Gasteiger partial charge in [-0.2, -0.15) is 0 Å². The van der Waals surface area contributed by atoms with Gasteiger partial charge < -0.3 is 15.2 Å². The molecule has 2 aliphatic rings. The van der Waals surface area contributed by atoms with Crippen molar-refractivity contribution in [1.29, 1.82) is 0 Å². The predicted octanol–water partition coefficient (Wildman–Crippen LogP) is 3.04. The average molecular weight is 383 g/mol. The maximum absolute atomic E-state index is 13.0. The number of carbonyl (C=O) groups excluding carboxylic acids is 2. The largest absolute Gasteiger partial charge is 0.352 e. The highest BCUT2D eigenvalue weighted by atomic mass is 16.2. The predicted molar refractivity (Wildman–Crippen MR) is 109 cm³/mol. The Morgan fingerprint density at radius 2 is 1.93 bits per heavy atom. The minimum Gasteiger partial charge on any atom is -0.352 e. The fraction of sp³-hybridized carbons (Fsp3) is 0.571. The Balaban J connectivity index is 1.48. The third-order valence-corrected chi connectivity index (χ3v) is 5.69. The van der Waals surface area contributed by atoms with E-state index in [0.717, 1.165) is 36.7 Å². The standard InChI is InChI=1S/C21H29N5O2/c1-14(2)13-17(19(27)22-15-7-3-4-8-15)24-21(28)26-12-11-25-18-10-6-5-9-16(18)23-20(25)26/h5-6,9-10,14-15,17H,3-4,7-8,11-13H2,1-2H3,(H,22,27)(H,24,28)/t17-/m0/s1. The first-order valence-corrected chi connectivity index (χ1v) is 10.4. The normalized spacial score (nSPS) is 17.9. The number of hydrogen-bond donors (Lipinski definition) is 2. The summed E-state index contributed by atoms with van der Waals surface area (Å²) in [5, 5.41) is 6.10. The number of rotatable bonds is 5. The highest BCUT2D eigenvalue weighted by Crippen LogP contribution is 2.27. The third-order valence-electron chi connectivity index (χ3n) is 5.69. The van der Waals surface area contributed by atoms with E-state index in [-0.39, 0.29) is 18.0 Å². The van der Waals surface area contributed by atoms with Crippen LogP contribution < -0.4 is 15.5 Å². The van der Waals surface area contributed by atoms with E-state index in [1.54, 1.807) is 4.90 Å². The minimum absolute atomic E-state index is 0.0679. The van der Waals surface area contributed by atoms with E-state index in [4.69, 9.17) is 0 Å². The Morgan fingerprint density at radius 1 is 1.18 bits per heavy atom. The number of carbonyl (C=O) groups is 2. The van der Waals surface area contributed by atoms with Gasteiger partial charge in [0.25, 0.3) is 0 Å². The molecular formula is C21H29N5O2. The highest BCUT2D eigenvalue weighted by Gasteiger charge is 2.32. The second-order valence-corrected chi connectivity index (χ2v) is 8.33. The van der Waals surface area contributed by atoms with Gasteiger partial charge in [-0.15, -0.1) is 0 Å². The molecule has 0 unspecified atom stereocenters. The molecule has 0 saturated heterocycles. The molecule has 2 heterocycles. The highest BCUT2D eigenvalue weighted by molar-refractivity contribution is 5.96. The van der Waals surface area contributed by atoms with Gasteiger partial charge in [-0.25, -0.2) is 9.78 Å². The molecule has 7 heteroatoms. The van der Waals surface area contributed by atoms with Crippen LogP contribution in [-0.4, -0.2) is 40.1 Å². The fourth-order valence-corrected chi connectivity index (χ4v) is 4.28. The van der Waals surface area contributed by atoms with E-state index in [9.17, 15) is 9.59 Å². The van der Waals surface area contributed by atoms with Crippen molar-refractivity contribution in [3.63, 3.8) is 0 Å². The molecule has 4 rings (SSSR count). The van der Waals surface area contributed by atoms with Gasteiger partial charge in [0.1, 0.15) is 6.04 Å². The van der Waals surface area contributed by atoms with Crippen molar-refractivity contribution in [2.75, 3.05) is 11.4 Å². The van der Waals surface area contributed by atoms with E-state index in [1.807, 2.05) is 24.3 Å². The number of urea groups is 1. The lowest BCUT2D eigenvalue weighted by molar-refractivity contribution is -0.124. The van der Waals surface area contributed by atoms with E-state index in [1.165, 1.54) is 0 Å². The van der Waals surface area contributed by atoms with Gasteiger partial charge in [-0.1, -0.05) is 38.8 Å². The van der Waals surface area contributed by atoms with Crippen molar-refractivity contribution < 1.29 is 9.59 Å². The van der Waals surface area contributed by atoms with Crippen molar-refractivity contribution in [2.45, 2.75) is 64.6 Å². The second-order valence-electron chi connectivity index (χ2n) is 8.33. The van der Waals surface area contributed by atoms with E-state index in [2.05, 4.69) is 34.0 Å². The molecule has 1 aromatic carbocycles. The van der Waals surface area contributed by atoms with Crippen LogP contribution in [-0.2, 0) is 11.3 Å². The Hall–Kier alpha value is -2.57. The first kappa shape index (κ1) is 18.8. The summed E-state index contributed by atoms with van der Waals surface area (Å²) in [5.41, 5.74) is 1.92. The summed E-state index contributed by atoms with van der Waals surface area (Å²) in [5.74, 6) is 0.891. The summed E-state index contributed by atoms with van der Waals surface area (Å²) in [6.45, 7) is 5.42. The number of benzene rings is 1. The van der Waals surface area contributed by atoms with Crippen molar-refractivity contribution in [3.05, 3.63) is 24.3 Å². The number of amides is 3. The zero-order valence-electron chi connectivity index (χ0n) is 16.6. The molecule has 1 aliphatic carbocycles. The topological polar surface area (TPSA) is 79.3 Å². The van der Waals surface area contributed by atoms with Crippen LogP contribution in [0.4, 0.5) is 10.7 Å². The SMILES string of the molecule is CC(C)C[C@H](NC(=O)N1CCn2c1nc1ccccc12)C(=O)NC1CCCC1. The van der Waals surface area contributed by atoms with Gasteiger partial charge in [-0.05, 0) is 37.3 Å². The number of fused-ring (bicyclic) bond motifs is 3. The molecule has 1 aliphatic heterocycles. The Kier molecular flexibility index (Phi) is 5.24. The summed E-state index contributed by atoms with van der Waals surface area (Å²) in [4.78, 5) is 32.1. The molecule has 28 heavy (non-hydrogen) atoms. The lowest BCUT2D eigenvalue weighted by Crippen LogP contribution is -2.53. The van der Waals surface area contributed by atoms with Crippen LogP contribution in [0.25, 0.3) is 11.0 Å². The fourth-order valence-electron chi connectivity index (χ4n) is 4.28. The molecule has 0 spiro atoms. The van der Waals surface area contributed by atoms with Gasteiger partial charge in [0.15, 0.2) is 0 Å². The zero-order chi connectivity index (χ0) is 19.7. The molecule has 1 saturated carbocycles. The maximum atomic E-state index is 13.0. The molecule has 3 amide bonds. The summed E-state index contributed by atoms with van der Waals surface area (Å²) < 4.78 is 2.06. The molecule has 0 radical (unpaired) electrons. The Labute approximate surface area is 165 Å². The van der Waals surface area contributed by atoms with Gasteiger partial charge in [-0.3, -0.25) is 9.69 Å². The summed E-state index contributed by atoms with van der Waals surface area (Å²) >= 11 is 0. The smallest absolute Gasteiger partial charge is 0.324 e. The van der Waals surface area contributed by atoms with Crippen molar-refractivity contribution >= 4 is 28.9 Å². The van der Waals surface area contributed by atoms with Crippen molar-refractivity contribution in [2.24, 2.45) is 5.92 Å². The molecule has 0 bridgehead atoms. The summed E-state index contributed by atoms with van der Waals surface area (Å²) in [6, 6.07) is 7.37. The van der Waals surface area contributed by atoms with Gasteiger partial charge in [0.05, 0.1) is 11.0 Å². The quantitative estimate of drug-likeness (QED) is 0.833. The van der Waals surface area contributed by atoms with Crippen LogP contribution in [0.2, 0.25) is 0 Å². The molecule has 1 atom stereocenters. The van der Waals surface area contributed by atoms with Gasteiger partial charge >= 0.3 is 6.03 Å². The number of imidazole rings is 1. The monoisotopic (exact) mass is 383 g/mol. The Bertz CT molecular complexity index is 869. The summed E-state index contributed by atoms with van der Waals surface area (Å²) in [7, 11) is 0. The number of aromatic nitrogens is 2. The minimum atomic E-state index is -0.522. The zero-order valence-corrected chi connectivity index (χ0v) is 16.6. The molecule has 2 aromatic rings.